The summed E-state index contributed by atoms with van der Waals surface area (Å²) < 4.78 is 43.5. The van der Waals surface area contributed by atoms with Crippen LogP contribution in [0.15, 0.2) is 96.1 Å². The van der Waals surface area contributed by atoms with Crippen LogP contribution in [-0.4, -0.2) is 62.4 Å². The van der Waals surface area contributed by atoms with Gasteiger partial charge in [0.05, 0.1) is 39.6 Å². The third-order valence-electron chi connectivity index (χ3n) is 7.28. The van der Waals surface area contributed by atoms with Crippen LogP contribution in [0.5, 0.6) is 0 Å². The normalized spacial score (nSPS) is 26.6. The number of hydrogen-bond donors (Lipinski definition) is 0. The number of azide groups is 1. The quantitative estimate of drug-likeness (QED) is 0.130. The molecule has 0 unspecified atom stereocenters. The Labute approximate surface area is 252 Å². The third kappa shape index (κ3) is 9.09. The van der Waals surface area contributed by atoms with Crippen molar-refractivity contribution in [3.63, 3.8) is 0 Å². The summed E-state index contributed by atoms with van der Waals surface area (Å²) in [4.78, 5) is 3.14. The zero-order chi connectivity index (χ0) is 29.9. The summed E-state index contributed by atoms with van der Waals surface area (Å²) in [6, 6.07) is 28.8. The van der Waals surface area contributed by atoms with Gasteiger partial charge in [0.15, 0.2) is 12.1 Å². The van der Waals surface area contributed by atoms with Crippen LogP contribution in [-0.2, 0) is 53.0 Å². The molecule has 0 bridgehead atoms. The van der Waals surface area contributed by atoms with Gasteiger partial charge in [0.1, 0.15) is 30.5 Å². The first-order chi connectivity index (χ1) is 21.0. The lowest BCUT2D eigenvalue weighted by molar-refractivity contribution is -0.290. The smallest absolute Gasteiger partial charge is 0.169 e. The van der Waals surface area contributed by atoms with Gasteiger partial charge in [0.2, 0.25) is 0 Å². The van der Waals surface area contributed by atoms with Crippen molar-refractivity contribution in [2.45, 2.75) is 76.2 Å². The minimum absolute atomic E-state index is 0.185. The van der Waals surface area contributed by atoms with E-state index in [2.05, 4.69) is 10.0 Å². The van der Waals surface area contributed by atoms with Gasteiger partial charge >= 0.3 is 0 Å². The number of ether oxygens (including phenoxy) is 7. The van der Waals surface area contributed by atoms with Crippen molar-refractivity contribution in [2.75, 3.05) is 19.8 Å². The van der Waals surface area contributed by atoms with Gasteiger partial charge in [-0.15, -0.1) is 0 Å². The fraction of sp³-hybridized carbons (Fsp3) is 0.455. The van der Waals surface area contributed by atoms with Gasteiger partial charge in [-0.1, -0.05) is 96.1 Å². The molecule has 2 aliphatic rings. The Morgan fingerprint density at radius 3 is 1.86 bits per heavy atom. The van der Waals surface area contributed by atoms with Crippen molar-refractivity contribution < 1.29 is 33.2 Å². The van der Waals surface area contributed by atoms with E-state index in [1.165, 1.54) is 0 Å². The molecule has 0 aromatic heterocycles. The van der Waals surface area contributed by atoms with Gasteiger partial charge in [0.25, 0.3) is 0 Å². The summed E-state index contributed by atoms with van der Waals surface area (Å²) in [5.74, 6) is -0.697. The molecular weight excluding hydrogens is 550 g/mol. The van der Waals surface area contributed by atoms with Gasteiger partial charge < -0.3 is 33.2 Å². The predicted octanol–water partition coefficient (Wildman–Crippen LogP) is 5.95. The number of benzene rings is 3. The third-order valence-corrected chi connectivity index (χ3v) is 7.28. The second-order valence-electron chi connectivity index (χ2n) is 11.0. The van der Waals surface area contributed by atoms with E-state index in [4.69, 9.17) is 33.2 Å². The molecule has 10 heteroatoms. The Morgan fingerprint density at radius 2 is 1.33 bits per heavy atom. The summed E-state index contributed by atoms with van der Waals surface area (Å²) in [7, 11) is 0. The fourth-order valence-corrected chi connectivity index (χ4v) is 5.19. The highest BCUT2D eigenvalue weighted by atomic mass is 16.8. The van der Waals surface area contributed by atoms with Crippen LogP contribution in [0.4, 0.5) is 0 Å². The Hall–Kier alpha value is -3.31. The van der Waals surface area contributed by atoms with Gasteiger partial charge in [-0.25, -0.2) is 0 Å². The molecule has 0 aliphatic carbocycles. The van der Waals surface area contributed by atoms with Crippen LogP contribution >= 0.6 is 0 Å². The zero-order valence-electron chi connectivity index (χ0n) is 24.6. The first kappa shape index (κ1) is 31.1. The number of nitrogens with zero attached hydrogens (tertiary/aromatic N) is 3. The highest BCUT2D eigenvalue weighted by Crippen LogP contribution is 2.32. The van der Waals surface area contributed by atoms with Crippen molar-refractivity contribution >= 4 is 0 Å². The summed E-state index contributed by atoms with van der Waals surface area (Å²) >= 11 is 0. The average Bonchev–Trinajstić information content (AvgIpc) is 3.39. The van der Waals surface area contributed by atoms with Gasteiger partial charge in [-0.05, 0) is 36.1 Å². The maximum atomic E-state index is 9.60. The lowest BCUT2D eigenvalue weighted by atomic mass is 9.96. The molecule has 5 rings (SSSR count). The van der Waals surface area contributed by atoms with Crippen LogP contribution in [0.25, 0.3) is 10.4 Å². The van der Waals surface area contributed by atoms with E-state index in [1.807, 2.05) is 105 Å². The number of rotatable bonds is 14. The average molecular weight is 590 g/mol. The van der Waals surface area contributed by atoms with Crippen molar-refractivity contribution in [1.82, 2.24) is 0 Å². The van der Waals surface area contributed by atoms with Gasteiger partial charge in [-0.3, -0.25) is 0 Å². The SMILES string of the molecule is CC1(C)OC[C@@H](CO[C@H]2O[C@H](COCc3ccccc3)[C@@H](OCc3ccccc3)[C@H](OCc3ccccc3)[C@H]2N=[N+]=[N-])O1. The van der Waals surface area contributed by atoms with Crippen molar-refractivity contribution in [3.05, 3.63) is 118 Å². The molecule has 2 heterocycles. The second-order valence-corrected chi connectivity index (χ2v) is 11.0. The topological polar surface area (TPSA) is 113 Å². The van der Waals surface area contributed by atoms with E-state index in [-0.39, 0.29) is 25.9 Å². The molecule has 43 heavy (non-hydrogen) atoms. The van der Waals surface area contributed by atoms with Crippen molar-refractivity contribution in [2.24, 2.45) is 5.11 Å². The summed E-state index contributed by atoms with van der Waals surface area (Å²) in [6.07, 6.45) is -3.12. The molecule has 228 valence electrons. The molecule has 0 spiro atoms. The van der Waals surface area contributed by atoms with E-state index >= 15 is 0 Å². The molecule has 3 aromatic rings. The van der Waals surface area contributed by atoms with Crippen molar-refractivity contribution in [1.29, 1.82) is 0 Å². The molecule has 10 nitrogen and oxygen atoms in total. The number of hydrogen-bond acceptors (Lipinski definition) is 8. The summed E-state index contributed by atoms with van der Waals surface area (Å²) in [6.45, 7) is 5.48. The van der Waals surface area contributed by atoms with Crippen LogP contribution in [0, 0.1) is 0 Å². The summed E-state index contributed by atoms with van der Waals surface area (Å²) in [5.41, 5.74) is 12.6. The van der Waals surface area contributed by atoms with Crippen LogP contribution < -0.4 is 0 Å². The van der Waals surface area contributed by atoms with E-state index < -0.39 is 36.4 Å². The van der Waals surface area contributed by atoms with E-state index in [0.29, 0.717) is 19.8 Å². The summed E-state index contributed by atoms with van der Waals surface area (Å²) in [5, 5.41) is 4.11. The first-order valence-corrected chi connectivity index (χ1v) is 14.6. The predicted molar refractivity (Wildman–Crippen MR) is 159 cm³/mol. The highest BCUT2D eigenvalue weighted by Gasteiger charge is 2.48. The Morgan fingerprint density at radius 1 is 0.767 bits per heavy atom. The Kier molecular flexibility index (Phi) is 11.2. The molecule has 0 amide bonds. The molecule has 2 saturated heterocycles. The van der Waals surface area contributed by atoms with E-state index in [1.54, 1.807) is 0 Å². The molecule has 2 aliphatic heterocycles. The fourth-order valence-electron chi connectivity index (χ4n) is 5.19. The monoisotopic (exact) mass is 589 g/mol. The molecule has 2 fully saturated rings. The molecule has 6 atom stereocenters. The second kappa shape index (κ2) is 15.4. The lowest BCUT2D eigenvalue weighted by Crippen LogP contribution is -2.60. The molecular formula is C33H39N3O7. The Balaban J connectivity index is 1.38. The standard InChI is InChI=1S/C33H39N3O7/c1-33(2)41-22-27(43-33)21-40-32-29(35-36-34)31(39-20-26-16-10-5-11-17-26)30(38-19-25-14-8-4-9-15-25)28(42-32)23-37-18-24-12-6-3-7-13-24/h3-17,27-32H,18-23H2,1-2H3/t27-,28-,29-,30-,31-,32+/m1/s1. The van der Waals surface area contributed by atoms with Gasteiger partial charge in [-0.2, -0.15) is 0 Å². The zero-order valence-corrected chi connectivity index (χ0v) is 24.6. The minimum Gasteiger partial charge on any atom is -0.374 e. The van der Waals surface area contributed by atoms with Crippen LogP contribution in [0.2, 0.25) is 0 Å². The largest absolute Gasteiger partial charge is 0.374 e. The maximum absolute atomic E-state index is 9.60. The lowest BCUT2D eigenvalue weighted by Gasteiger charge is -2.44. The highest BCUT2D eigenvalue weighted by molar-refractivity contribution is 5.15. The van der Waals surface area contributed by atoms with Gasteiger partial charge in [0, 0.05) is 4.91 Å². The minimum atomic E-state index is -0.925. The van der Waals surface area contributed by atoms with E-state index in [0.717, 1.165) is 16.7 Å². The Bertz CT molecular complexity index is 1290. The molecule has 0 N–H and O–H groups in total. The first-order valence-electron chi connectivity index (χ1n) is 14.6. The molecule has 0 saturated carbocycles. The van der Waals surface area contributed by atoms with Crippen molar-refractivity contribution in [3.8, 4) is 0 Å². The van der Waals surface area contributed by atoms with E-state index in [9.17, 15) is 5.53 Å². The maximum Gasteiger partial charge on any atom is 0.169 e. The molecule has 0 radical (unpaired) electrons. The van der Waals surface area contributed by atoms with Crippen LogP contribution in [0.3, 0.4) is 0 Å². The van der Waals surface area contributed by atoms with Crippen LogP contribution in [0.1, 0.15) is 30.5 Å². The molecule has 3 aromatic carbocycles.